The van der Waals surface area contributed by atoms with E-state index in [0.29, 0.717) is 16.9 Å². The fraction of sp³-hybridized carbons (Fsp3) is 0.0435. The molecule has 3 aromatic rings. The molecule has 0 spiro atoms. The van der Waals surface area contributed by atoms with Gasteiger partial charge in [0.15, 0.2) is 5.70 Å². The maximum atomic E-state index is 13.7. The molecule has 1 heterocycles. The summed E-state index contributed by atoms with van der Waals surface area (Å²) < 4.78 is 26.7. The van der Waals surface area contributed by atoms with Gasteiger partial charge in [0.2, 0.25) is 5.90 Å². The van der Waals surface area contributed by atoms with Crippen molar-refractivity contribution < 1.29 is 18.7 Å². The third kappa shape index (κ3) is 4.79. The highest BCUT2D eigenvalue weighted by Gasteiger charge is 2.24. The van der Waals surface area contributed by atoms with Crippen LogP contribution in [-0.4, -0.2) is 11.9 Å². The zero-order valence-electron chi connectivity index (χ0n) is 15.4. The Labute approximate surface area is 194 Å². The second-order valence-corrected chi connectivity index (χ2v) is 8.43. The molecule has 0 bridgehead atoms. The lowest BCUT2D eigenvalue weighted by Crippen LogP contribution is -2.05. The van der Waals surface area contributed by atoms with Gasteiger partial charge in [-0.05, 0) is 86.6 Å². The molecular weight excluding hydrogens is 564 g/mol. The molecule has 0 radical (unpaired) electrons. The molecule has 1 aliphatic heterocycles. The lowest BCUT2D eigenvalue weighted by atomic mass is 10.2. The summed E-state index contributed by atoms with van der Waals surface area (Å²) in [6.07, 6.45) is 1.63. The van der Waals surface area contributed by atoms with E-state index in [0.717, 1.165) is 13.6 Å². The van der Waals surface area contributed by atoms with E-state index in [1.54, 1.807) is 42.5 Å². The van der Waals surface area contributed by atoms with Crippen molar-refractivity contribution in [2.75, 3.05) is 0 Å². The Kier molecular flexibility index (Phi) is 6.29. The van der Waals surface area contributed by atoms with E-state index in [1.165, 1.54) is 6.07 Å². The number of carbonyl (C=O) groups excluding carboxylic acids is 1. The largest absolute Gasteiger partial charge is 0.489 e. The van der Waals surface area contributed by atoms with Crippen molar-refractivity contribution in [2.24, 2.45) is 4.99 Å². The molecule has 0 fully saturated rings. The summed E-state index contributed by atoms with van der Waals surface area (Å²) in [5.41, 5.74) is 2.10. The van der Waals surface area contributed by atoms with E-state index in [4.69, 9.17) is 9.47 Å². The summed E-state index contributed by atoms with van der Waals surface area (Å²) in [5.74, 6) is -0.00836. The molecule has 0 saturated carbocycles. The minimum Gasteiger partial charge on any atom is -0.489 e. The Morgan fingerprint density at radius 2 is 1.93 bits per heavy atom. The molecular formula is C23H14BrFINO3. The molecule has 150 valence electrons. The second-order valence-electron chi connectivity index (χ2n) is 6.42. The number of halogens is 3. The van der Waals surface area contributed by atoms with Crippen LogP contribution in [0, 0.1) is 9.39 Å². The predicted octanol–water partition coefficient (Wildman–Crippen LogP) is 6.12. The molecule has 0 atom stereocenters. The first-order valence-corrected chi connectivity index (χ1v) is 10.8. The number of cyclic esters (lactones) is 1. The van der Waals surface area contributed by atoms with Gasteiger partial charge >= 0.3 is 5.97 Å². The van der Waals surface area contributed by atoms with Gasteiger partial charge in [-0.1, -0.05) is 30.3 Å². The van der Waals surface area contributed by atoms with Crippen LogP contribution in [0.3, 0.4) is 0 Å². The van der Waals surface area contributed by atoms with Crippen LogP contribution in [0.4, 0.5) is 4.39 Å². The van der Waals surface area contributed by atoms with Gasteiger partial charge in [0.1, 0.15) is 18.2 Å². The molecule has 1 aliphatic rings. The van der Waals surface area contributed by atoms with Gasteiger partial charge in [-0.2, -0.15) is 0 Å². The summed E-state index contributed by atoms with van der Waals surface area (Å²) in [5, 5.41) is 0. The summed E-state index contributed by atoms with van der Waals surface area (Å²) in [4.78, 5) is 16.6. The Morgan fingerprint density at radius 3 is 2.73 bits per heavy atom. The van der Waals surface area contributed by atoms with E-state index in [1.807, 2.05) is 24.3 Å². The zero-order valence-corrected chi connectivity index (χ0v) is 19.2. The van der Waals surface area contributed by atoms with Crippen molar-refractivity contribution in [1.29, 1.82) is 0 Å². The van der Waals surface area contributed by atoms with Crippen LogP contribution >= 0.6 is 38.5 Å². The third-order valence-electron chi connectivity index (χ3n) is 4.30. The van der Waals surface area contributed by atoms with E-state index in [9.17, 15) is 9.18 Å². The lowest BCUT2D eigenvalue weighted by Gasteiger charge is -2.07. The van der Waals surface area contributed by atoms with E-state index in [2.05, 4.69) is 43.5 Å². The zero-order chi connectivity index (χ0) is 21.1. The van der Waals surface area contributed by atoms with Crippen molar-refractivity contribution in [3.05, 3.63) is 103 Å². The lowest BCUT2D eigenvalue weighted by molar-refractivity contribution is -0.129. The number of esters is 1. The fourth-order valence-corrected chi connectivity index (χ4v) is 3.50. The Bertz CT molecular complexity index is 1190. The van der Waals surface area contributed by atoms with Gasteiger partial charge in [0.25, 0.3) is 0 Å². The van der Waals surface area contributed by atoms with Crippen molar-refractivity contribution in [3.8, 4) is 5.75 Å². The van der Waals surface area contributed by atoms with Gasteiger partial charge in [-0.3, -0.25) is 0 Å². The maximum absolute atomic E-state index is 13.7. The number of aliphatic imine (C=N–C) groups is 1. The SMILES string of the molecule is O=C1OC(c2ccc(I)c(Br)c2)=N/C1=C\c1cccc(OCc2ccccc2F)c1. The molecule has 30 heavy (non-hydrogen) atoms. The van der Waals surface area contributed by atoms with Crippen molar-refractivity contribution in [1.82, 2.24) is 0 Å². The second kappa shape index (κ2) is 9.09. The molecule has 0 saturated heterocycles. The van der Waals surface area contributed by atoms with Crippen LogP contribution in [0.1, 0.15) is 16.7 Å². The summed E-state index contributed by atoms with van der Waals surface area (Å²) in [6, 6.07) is 19.2. The highest BCUT2D eigenvalue weighted by atomic mass is 127. The number of ether oxygens (including phenoxy) is 2. The standard InChI is InChI=1S/C23H14BrFINO3/c24-18-12-15(8-9-20(18)26)22-27-21(23(28)30-22)11-14-4-3-6-17(10-14)29-13-16-5-1-2-7-19(16)25/h1-12H,13H2/b21-11-. The Balaban J connectivity index is 1.53. The van der Waals surface area contributed by atoms with Crippen LogP contribution in [0.15, 0.2) is 81.9 Å². The van der Waals surface area contributed by atoms with Crippen molar-refractivity contribution in [3.63, 3.8) is 0 Å². The molecule has 3 aromatic carbocycles. The smallest absolute Gasteiger partial charge is 0.363 e. The van der Waals surface area contributed by atoms with E-state index < -0.39 is 5.97 Å². The van der Waals surface area contributed by atoms with Gasteiger partial charge in [0.05, 0.1) is 0 Å². The number of rotatable bonds is 5. The first kappa shape index (κ1) is 20.7. The Morgan fingerprint density at radius 1 is 1.10 bits per heavy atom. The van der Waals surface area contributed by atoms with Crippen molar-refractivity contribution in [2.45, 2.75) is 6.61 Å². The molecule has 7 heteroatoms. The van der Waals surface area contributed by atoms with Crippen LogP contribution in [0.2, 0.25) is 0 Å². The molecule has 4 nitrogen and oxygen atoms in total. The van der Waals surface area contributed by atoms with Crippen LogP contribution in [0.5, 0.6) is 5.75 Å². The topological polar surface area (TPSA) is 47.9 Å². The van der Waals surface area contributed by atoms with Gasteiger partial charge in [-0.25, -0.2) is 14.2 Å². The maximum Gasteiger partial charge on any atom is 0.363 e. The first-order chi connectivity index (χ1) is 14.5. The number of benzene rings is 3. The highest BCUT2D eigenvalue weighted by Crippen LogP contribution is 2.25. The van der Waals surface area contributed by atoms with Crippen molar-refractivity contribution >= 4 is 56.5 Å². The van der Waals surface area contributed by atoms with Crippen LogP contribution in [0.25, 0.3) is 6.08 Å². The number of nitrogens with zero attached hydrogens (tertiary/aromatic N) is 1. The fourth-order valence-electron chi connectivity index (χ4n) is 2.79. The monoisotopic (exact) mass is 577 g/mol. The number of hydrogen-bond acceptors (Lipinski definition) is 4. The van der Waals surface area contributed by atoms with Gasteiger partial charge in [0, 0.05) is 19.2 Å². The third-order valence-corrected chi connectivity index (χ3v) is 6.64. The van der Waals surface area contributed by atoms with E-state index >= 15 is 0 Å². The molecule has 0 amide bonds. The molecule has 0 aromatic heterocycles. The average Bonchev–Trinajstić information content (AvgIpc) is 3.10. The molecule has 0 unspecified atom stereocenters. The Hall–Kier alpha value is -2.52. The summed E-state index contributed by atoms with van der Waals surface area (Å²) >= 11 is 5.67. The summed E-state index contributed by atoms with van der Waals surface area (Å²) in [6.45, 7) is 0.110. The molecule has 0 N–H and O–H groups in total. The number of carbonyl (C=O) groups is 1. The average molecular weight is 578 g/mol. The number of hydrogen-bond donors (Lipinski definition) is 0. The van der Waals surface area contributed by atoms with Gasteiger partial charge in [-0.15, -0.1) is 0 Å². The quantitative estimate of drug-likeness (QED) is 0.209. The minimum atomic E-state index is -0.516. The predicted molar refractivity (Wildman–Crippen MR) is 125 cm³/mol. The van der Waals surface area contributed by atoms with Crippen LogP contribution < -0.4 is 4.74 Å². The van der Waals surface area contributed by atoms with Crippen LogP contribution in [-0.2, 0) is 16.1 Å². The molecule has 0 aliphatic carbocycles. The summed E-state index contributed by atoms with van der Waals surface area (Å²) in [7, 11) is 0. The van der Waals surface area contributed by atoms with E-state index in [-0.39, 0.29) is 24.0 Å². The highest BCUT2D eigenvalue weighted by molar-refractivity contribution is 14.1. The first-order valence-electron chi connectivity index (χ1n) is 8.94. The minimum absolute atomic E-state index is 0.110. The molecule has 4 rings (SSSR count). The van der Waals surface area contributed by atoms with Gasteiger partial charge < -0.3 is 9.47 Å². The normalized spacial score (nSPS) is 14.6.